The third kappa shape index (κ3) is 2.97. The first-order valence-electron chi connectivity index (χ1n) is 7.66. The number of hydrogen-bond acceptors (Lipinski definition) is 3. The third-order valence-electron chi connectivity index (χ3n) is 3.74. The van der Waals surface area contributed by atoms with Gasteiger partial charge in [0, 0.05) is 30.7 Å². The van der Waals surface area contributed by atoms with Crippen molar-refractivity contribution in [3.05, 3.63) is 94.5 Å². The molecule has 0 fully saturated rings. The number of hydrogen-bond donors (Lipinski definition) is 0. The monoisotopic (exact) mass is 332 g/mol. The molecule has 0 N–H and O–H groups in total. The predicted molar refractivity (Wildman–Crippen MR) is 93.9 cm³/mol. The second kappa shape index (κ2) is 6.16. The minimum Gasteiger partial charge on any atom is -0.267 e. The highest BCUT2D eigenvalue weighted by molar-refractivity contribution is 5.68. The van der Waals surface area contributed by atoms with E-state index in [2.05, 4.69) is 9.97 Å². The maximum absolute atomic E-state index is 13.1. The Balaban J connectivity index is 1.76. The van der Waals surface area contributed by atoms with Gasteiger partial charge in [0.25, 0.3) is 5.56 Å². The fraction of sp³-hybridized carbons (Fsp3) is 0. The molecular formula is C19H13FN4O. The van der Waals surface area contributed by atoms with Crippen LogP contribution in [0.2, 0.25) is 0 Å². The van der Waals surface area contributed by atoms with Gasteiger partial charge in [-0.25, -0.2) is 9.37 Å². The van der Waals surface area contributed by atoms with Crippen LogP contribution in [-0.4, -0.2) is 19.2 Å². The summed E-state index contributed by atoms with van der Waals surface area (Å²) in [5.41, 5.74) is 2.46. The van der Waals surface area contributed by atoms with Crippen LogP contribution in [-0.2, 0) is 0 Å². The van der Waals surface area contributed by atoms with E-state index in [4.69, 9.17) is 0 Å². The van der Waals surface area contributed by atoms with Gasteiger partial charge in [0.1, 0.15) is 5.82 Å². The molecule has 0 radical (unpaired) electrons. The first-order valence-corrected chi connectivity index (χ1v) is 7.66. The largest absolute Gasteiger partial charge is 0.273 e. The highest BCUT2D eigenvalue weighted by Gasteiger charge is 2.07. The molecule has 0 unspecified atom stereocenters. The normalized spacial score (nSPS) is 11.4. The summed E-state index contributed by atoms with van der Waals surface area (Å²) in [6.45, 7) is 0. The molecule has 122 valence electrons. The summed E-state index contributed by atoms with van der Waals surface area (Å²) in [5, 5.41) is 0. The van der Waals surface area contributed by atoms with E-state index in [1.165, 1.54) is 22.7 Å². The second-order valence-electron chi connectivity index (χ2n) is 5.45. The molecule has 25 heavy (non-hydrogen) atoms. The van der Waals surface area contributed by atoms with Crippen LogP contribution in [0.1, 0.15) is 11.3 Å². The Morgan fingerprint density at radius 2 is 1.88 bits per heavy atom. The first-order chi connectivity index (χ1) is 12.2. The van der Waals surface area contributed by atoms with Crippen molar-refractivity contribution in [1.82, 2.24) is 19.2 Å². The highest BCUT2D eigenvalue weighted by atomic mass is 19.1. The molecule has 0 aliphatic carbocycles. The quantitative estimate of drug-likeness (QED) is 0.579. The van der Waals surface area contributed by atoms with E-state index >= 15 is 0 Å². The molecule has 0 bridgehead atoms. The van der Waals surface area contributed by atoms with Crippen molar-refractivity contribution < 1.29 is 4.39 Å². The van der Waals surface area contributed by atoms with Crippen LogP contribution in [0.5, 0.6) is 0 Å². The second-order valence-corrected chi connectivity index (χ2v) is 5.45. The van der Waals surface area contributed by atoms with E-state index < -0.39 is 0 Å². The average Bonchev–Trinajstić information content (AvgIpc) is 3.06. The molecular weight excluding hydrogens is 319 g/mol. The van der Waals surface area contributed by atoms with Crippen molar-refractivity contribution in [2.45, 2.75) is 0 Å². The molecule has 4 aromatic rings. The average molecular weight is 332 g/mol. The molecule has 5 nitrogen and oxygen atoms in total. The van der Waals surface area contributed by atoms with Gasteiger partial charge < -0.3 is 0 Å². The van der Waals surface area contributed by atoms with Gasteiger partial charge in [0.05, 0.1) is 11.4 Å². The maximum atomic E-state index is 13.1. The number of nitrogens with zero attached hydrogens (tertiary/aromatic N) is 4. The van der Waals surface area contributed by atoms with Gasteiger partial charge in [-0.3, -0.25) is 14.5 Å². The Labute approximate surface area is 142 Å². The zero-order valence-corrected chi connectivity index (χ0v) is 13.1. The summed E-state index contributed by atoms with van der Waals surface area (Å²) in [7, 11) is 0. The number of benzene rings is 1. The minimum atomic E-state index is -0.325. The lowest BCUT2D eigenvalue weighted by Gasteiger charge is -2.06. The van der Waals surface area contributed by atoms with E-state index in [-0.39, 0.29) is 11.4 Å². The molecule has 1 aromatic carbocycles. The fourth-order valence-electron chi connectivity index (χ4n) is 2.58. The van der Waals surface area contributed by atoms with E-state index in [1.54, 1.807) is 47.5 Å². The molecule has 0 saturated carbocycles. The Morgan fingerprint density at radius 3 is 2.64 bits per heavy atom. The van der Waals surface area contributed by atoms with Gasteiger partial charge in [-0.1, -0.05) is 12.1 Å². The van der Waals surface area contributed by atoms with Crippen molar-refractivity contribution >= 4 is 17.8 Å². The number of halogens is 1. The lowest BCUT2D eigenvalue weighted by atomic mass is 10.2. The van der Waals surface area contributed by atoms with Crippen LogP contribution in [0.3, 0.4) is 0 Å². The number of pyridine rings is 1. The Kier molecular flexibility index (Phi) is 3.70. The zero-order valence-electron chi connectivity index (χ0n) is 13.1. The van der Waals surface area contributed by atoms with Crippen LogP contribution in [0, 0.1) is 5.82 Å². The summed E-state index contributed by atoms with van der Waals surface area (Å²) < 4.78 is 16.2. The van der Waals surface area contributed by atoms with Crippen LogP contribution in [0.25, 0.3) is 23.5 Å². The summed E-state index contributed by atoms with van der Waals surface area (Å²) in [6, 6.07) is 12.9. The lowest BCUT2D eigenvalue weighted by Crippen LogP contribution is -2.19. The summed E-state index contributed by atoms with van der Waals surface area (Å²) in [5.74, 6) is -0.325. The van der Waals surface area contributed by atoms with Crippen LogP contribution in [0.15, 0.2) is 71.9 Å². The lowest BCUT2D eigenvalue weighted by molar-refractivity contribution is 0.626. The Bertz CT molecular complexity index is 1110. The smallest absolute Gasteiger partial charge is 0.267 e. The molecule has 3 aromatic heterocycles. The van der Waals surface area contributed by atoms with Crippen molar-refractivity contribution in [2.75, 3.05) is 0 Å². The van der Waals surface area contributed by atoms with Gasteiger partial charge in [-0.2, -0.15) is 4.52 Å². The molecule has 0 spiro atoms. The van der Waals surface area contributed by atoms with E-state index in [9.17, 15) is 9.18 Å². The highest BCUT2D eigenvalue weighted by Crippen LogP contribution is 2.12. The van der Waals surface area contributed by atoms with Crippen LogP contribution < -0.4 is 5.56 Å². The Hall–Kier alpha value is -3.54. The molecule has 6 heteroatoms. The molecule has 0 aliphatic heterocycles. The molecule has 0 amide bonds. The topological polar surface area (TPSA) is 52.2 Å². The maximum Gasteiger partial charge on any atom is 0.273 e. The van der Waals surface area contributed by atoms with Crippen LogP contribution >= 0.6 is 0 Å². The number of rotatable bonds is 3. The molecule has 0 aliphatic rings. The van der Waals surface area contributed by atoms with Gasteiger partial charge in [0.15, 0.2) is 5.65 Å². The van der Waals surface area contributed by atoms with Crippen molar-refractivity contribution in [3.63, 3.8) is 0 Å². The minimum absolute atomic E-state index is 0.217. The SMILES string of the molecule is O=c1cc(/C=C/c2cccnc2)nc2ccn(-c3ccc(F)cc3)n12. The number of fused-ring (bicyclic) bond motifs is 1. The third-order valence-corrected chi connectivity index (χ3v) is 3.74. The van der Waals surface area contributed by atoms with E-state index in [1.807, 2.05) is 18.2 Å². The summed E-state index contributed by atoms with van der Waals surface area (Å²) in [4.78, 5) is 21.0. The van der Waals surface area contributed by atoms with Gasteiger partial charge >= 0.3 is 0 Å². The first kappa shape index (κ1) is 15.0. The van der Waals surface area contributed by atoms with E-state index in [0.717, 1.165) is 5.56 Å². The summed E-state index contributed by atoms with van der Waals surface area (Å²) >= 11 is 0. The van der Waals surface area contributed by atoms with Crippen molar-refractivity contribution in [1.29, 1.82) is 0 Å². The Morgan fingerprint density at radius 1 is 1.04 bits per heavy atom. The van der Waals surface area contributed by atoms with Crippen LogP contribution in [0.4, 0.5) is 4.39 Å². The fourth-order valence-corrected chi connectivity index (χ4v) is 2.58. The molecule has 4 rings (SSSR count). The summed E-state index contributed by atoms with van der Waals surface area (Å²) in [6.07, 6.45) is 8.78. The standard InChI is InChI=1S/C19H13FN4O/c20-15-4-7-17(8-5-15)23-11-9-18-22-16(12-19(25)24(18)23)6-3-14-2-1-10-21-13-14/h1-13H/b6-3+. The molecule has 3 heterocycles. The van der Waals surface area contributed by atoms with E-state index in [0.29, 0.717) is 17.0 Å². The molecule has 0 saturated heterocycles. The van der Waals surface area contributed by atoms with Crippen molar-refractivity contribution in [2.24, 2.45) is 0 Å². The molecule has 0 atom stereocenters. The van der Waals surface area contributed by atoms with Gasteiger partial charge in [-0.15, -0.1) is 0 Å². The predicted octanol–water partition coefficient (Wildman–Crippen LogP) is 3.19. The van der Waals surface area contributed by atoms with Gasteiger partial charge in [0.2, 0.25) is 0 Å². The van der Waals surface area contributed by atoms with Gasteiger partial charge in [-0.05, 0) is 42.0 Å². The van der Waals surface area contributed by atoms with Crippen molar-refractivity contribution in [3.8, 4) is 5.69 Å². The zero-order chi connectivity index (χ0) is 17.2. The number of aromatic nitrogens is 4.